The minimum Gasteiger partial charge on any atom is -0.423 e. The van der Waals surface area contributed by atoms with E-state index in [-0.39, 0.29) is 0 Å². The number of hydrogen-bond acceptors (Lipinski definition) is 3. The first-order chi connectivity index (χ1) is 8.65. The van der Waals surface area contributed by atoms with E-state index in [1.807, 2.05) is 24.3 Å². The van der Waals surface area contributed by atoms with E-state index < -0.39 is 7.12 Å². The molecule has 0 fully saturated rings. The Morgan fingerprint density at radius 3 is 2.11 bits per heavy atom. The van der Waals surface area contributed by atoms with E-state index in [0.29, 0.717) is 5.46 Å². The van der Waals surface area contributed by atoms with Crippen LogP contribution in [-0.4, -0.2) is 23.4 Å². The van der Waals surface area contributed by atoms with Gasteiger partial charge < -0.3 is 10.0 Å². The number of halogens is 1. The Morgan fingerprint density at radius 1 is 0.944 bits per heavy atom. The van der Waals surface area contributed by atoms with E-state index in [1.165, 1.54) is 3.57 Å². The highest BCUT2D eigenvalue weighted by Gasteiger charge is 2.08. The minimum absolute atomic E-state index is 0.474. The van der Waals surface area contributed by atoms with Gasteiger partial charge in [0.1, 0.15) is 0 Å². The van der Waals surface area contributed by atoms with Crippen molar-refractivity contribution in [3.8, 4) is 0 Å². The van der Waals surface area contributed by atoms with E-state index in [2.05, 4.69) is 27.6 Å². The molecule has 0 bridgehead atoms. The van der Waals surface area contributed by atoms with Crippen LogP contribution < -0.4 is 5.46 Å². The van der Waals surface area contributed by atoms with E-state index >= 15 is 0 Å². The van der Waals surface area contributed by atoms with E-state index in [4.69, 9.17) is 10.0 Å². The summed E-state index contributed by atoms with van der Waals surface area (Å²) in [5.41, 5.74) is 2.28. The number of nitrogens with zero attached hydrogens (tertiary/aromatic N) is 1. The van der Waals surface area contributed by atoms with Crippen LogP contribution in [0.2, 0.25) is 0 Å². The van der Waals surface area contributed by atoms with Crippen LogP contribution in [0.4, 0.5) is 5.69 Å². The van der Waals surface area contributed by atoms with Gasteiger partial charge in [-0.05, 0) is 57.9 Å². The van der Waals surface area contributed by atoms with Gasteiger partial charge in [0, 0.05) is 9.78 Å². The first-order valence-corrected chi connectivity index (χ1v) is 6.49. The lowest BCUT2D eigenvalue weighted by Crippen LogP contribution is -2.29. The lowest BCUT2D eigenvalue weighted by Gasteiger charge is -1.99. The molecule has 0 saturated heterocycles. The molecule has 2 rings (SSSR count). The van der Waals surface area contributed by atoms with Gasteiger partial charge in [0.15, 0.2) is 0 Å². The van der Waals surface area contributed by atoms with Crippen molar-refractivity contribution in [3.05, 3.63) is 57.7 Å². The van der Waals surface area contributed by atoms with E-state index in [0.717, 1.165) is 11.3 Å². The molecule has 18 heavy (non-hydrogen) atoms. The molecule has 0 unspecified atom stereocenters. The molecule has 2 aromatic rings. The first-order valence-electron chi connectivity index (χ1n) is 5.41. The van der Waals surface area contributed by atoms with Crippen molar-refractivity contribution < 1.29 is 10.0 Å². The predicted octanol–water partition coefficient (Wildman–Crippen LogP) is 1.72. The summed E-state index contributed by atoms with van der Waals surface area (Å²) >= 11 is 2.25. The topological polar surface area (TPSA) is 52.8 Å². The lowest BCUT2D eigenvalue weighted by atomic mass is 9.80. The fourth-order valence-corrected chi connectivity index (χ4v) is 1.79. The predicted molar refractivity (Wildman–Crippen MR) is 82.7 cm³/mol. The molecule has 0 aliphatic heterocycles. The smallest absolute Gasteiger partial charge is 0.423 e. The maximum Gasteiger partial charge on any atom is 0.488 e. The molecular formula is C13H11BINO2. The Morgan fingerprint density at radius 2 is 1.56 bits per heavy atom. The van der Waals surface area contributed by atoms with Crippen molar-refractivity contribution in [2.24, 2.45) is 4.99 Å². The van der Waals surface area contributed by atoms with E-state index in [1.54, 1.807) is 30.5 Å². The van der Waals surface area contributed by atoms with Crippen LogP contribution in [0.5, 0.6) is 0 Å². The van der Waals surface area contributed by atoms with Crippen LogP contribution in [0.1, 0.15) is 5.56 Å². The molecule has 3 nitrogen and oxygen atoms in total. The Kier molecular flexibility index (Phi) is 4.51. The summed E-state index contributed by atoms with van der Waals surface area (Å²) in [6.07, 6.45) is 1.75. The van der Waals surface area contributed by atoms with Crippen LogP contribution >= 0.6 is 22.6 Å². The van der Waals surface area contributed by atoms with Gasteiger partial charge >= 0.3 is 7.12 Å². The van der Waals surface area contributed by atoms with E-state index in [9.17, 15) is 0 Å². The van der Waals surface area contributed by atoms with Crippen LogP contribution in [0.25, 0.3) is 0 Å². The Bertz CT molecular complexity index is 538. The summed E-state index contributed by atoms with van der Waals surface area (Å²) in [7, 11) is -1.42. The van der Waals surface area contributed by atoms with Gasteiger partial charge in [-0.2, -0.15) is 0 Å². The van der Waals surface area contributed by atoms with Gasteiger partial charge in [0.25, 0.3) is 0 Å². The van der Waals surface area contributed by atoms with Gasteiger partial charge in [0.2, 0.25) is 0 Å². The molecule has 2 aromatic carbocycles. The quantitative estimate of drug-likeness (QED) is 0.503. The Labute approximate surface area is 119 Å². The molecule has 0 saturated carbocycles. The van der Waals surface area contributed by atoms with Crippen molar-refractivity contribution in [1.29, 1.82) is 0 Å². The molecule has 5 heteroatoms. The molecule has 0 aromatic heterocycles. The van der Waals surface area contributed by atoms with Crippen LogP contribution in [0.15, 0.2) is 53.5 Å². The molecule has 0 aliphatic carbocycles. The van der Waals surface area contributed by atoms with Gasteiger partial charge in [0.05, 0.1) is 5.69 Å². The van der Waals surface area contributed by atoms with Gasteiger partial charge in [-0.25, -0.2) is 0 Å². The average molecular weight is 351 g/mol. The average Bonchev–Trinajstić information content (AvgIpc) is 2.38. The molecule has 0 spiro atoms. The van der Waals surface area contributed by atoms with Gasteiger partial charge in [-0.1, -0.05) is 24.3 Å². The van der Waals surface area contributed by atoms with Crippen molar-refractivity contribution in [2.45, 2.75) is 0 Å². The maximum absolute atomic E-state index is 8.97. The molecule has 0 heterocycles. The summed E-state index contributed by atoms with van der Waals surface area (Å²) in [6.45, 7) is 0. The fourth-order valence-electron chi connectivity index (χ4n) is 1.43. The van der Waals surface area contributed by atoms with Crippen molar-refractivity contribution in [2.75, 3.05) is 0 Å². The summed E-state index contributed by atoms with van der Waals surface area (Å²) in [6, 6.07) is 14.8. The van der Waals surface area contributed by atoms with Crippen molar-refractivity contribution in [1.82, 2.24) is 0 Å². The zero-order valence-electron chi connectivity index (χ0n) is 9.49. The second kappa shape index (κ2) is 6.13. The van der Waals surface area contributed by atoms with Crippen LogP contribution in [0.3, 0.4) is 0 Å². The SMILES string of the molecule is OB(O)c1ccc(C=Nc2ccc(I)cc2)cc1. The third kappa shape index (κ3) is 3.66. The zero-order chi connectivity index (χ0) is 13.0. The summed E-state index contributed by atoms with van der Waals surface area (Å²) in [4.78, 5) is 4.34. The monoisotopic (exact) mass is 351 g/mol. The maximum atomic E-state index is 8.97. The normalized spacial score (nSPS) is 10.8. The largest absolute Gasteiger partial charge is 0.488 e. The molecule has 0 amide bonds. The Balaban J connectivity index is 2.11. The van der Waals surface area contributed by atoms with Gasteiger partial charge in [-0.15, -0.1) is 0 Å². The number of rotatable bonds is 3. The fraction of sp³-hybridized carbons (Fsp3) is 0. The third-order valence-corrected chi connectivity index (χ3v) is 3.14. The minimum atomic E-state index is -1.42. The number of benzene rings is 2. The van der Waals surface area contributed by atoms with Crippen LogP contribution in [0, 0.1) is 3.57 Å². The number of hydrogen-bond donors (Lipinski definition) is 2. The third-order valence-electron chi connectivity index (χ3n) is 2.42. The van der Waals surface area contributed by atoms with Crippen molar-refractivity contribution >= 4 is 47.1 Å². The highest BCUT2D eigenvalue weighted by molar-refractivity contribution is 14.1. The summed E-state index contributed by atoms with van der Waals surface area (Å²) in [5, 5.41) is 17.9. The van der Waals surface area contributed by atoms with Crippen LogP contribution in [-0.2, 0) is 0 Å². The second-order valence-electron chi connectivity index (χ2n) is 3.77. The lowest BCUT2D eigenvalue weighted by molar-refractivity contribution is 0.426. The molecular weight excluding hydrogens is 340 g/mol. The second-order valence-corrected chi connectivity index (χ2v) is 5.02. The standard InChI is InChI=1S/C13H11BINO2/c15-12-5-7-13(8-6-12)16-9-10-1-3-11(4-2-10)14(17)18/h1-9,17-18H. The summed E-state index contributed by atoms with van der Waals surface area (Å²) in [5.74, 6) is 0. The van der Waals surface area contributed by atoms with Gasteiger partial charge in [-0.3, -0.25) is 4.99 Å². The Hall–Kier alpha value is -1.18. The molecule has 0 aliphatic rings. The number of aliphatic imine (C=N–C) groups is 1. The molecule has 0 atom stereocenters. The molecule has 0 radical (unpaired) electrons. The highest BCUT2D eigenvalue weighted by Crippen LogP contribution is 2.14. The summed E-state index contributed by atoms with van der Waals surface area (Å²) < 4.78 is 1.17. The first kappa shape index (κ1) is 13.3. The van der Waals surface area contributed by atoms with Crippen molar-refractivity contribution in [3.63, 3.8) is 0 Å². The molecule has 2 N–H and O–H groups in total. The zero-order valence-corrected chi connectivity index (χ0v) is 11.7. The molecule has 90 valence electrons. The highest BCUT2D eigenvalue weighted by atomic mass is 127.